The normalized spacial score (nSPS) is 10.3. The van der Waals surface area contributed by atoms with E-state index in [1.807, 2.05) is 6.07 Å². The van der Waals surface area contributed by atoms with Gasteiger partial charge in [0.05, 0.1) is 25.7 Å². The average Bonchev–Trinajstić information content (AvgIpc) is 2.41. The summed E-state index contributed by atoms with van der Waals surface area (Å²) in [6.07, 6.45) is 0. The van der Waals surface area contributed by atoms with Crippen molar-refractivity contribution in [1.29, 1.82) is 0 Å². The van der Waals surface area contributed by atoms with Gasteiger partial charge in [-0.05, 0) is 17.7 Å². The molecule has 1 N–H and O–H groups in total. The summed E-state index contributed by atoms with van der Waals surface area (Å²) in [6, 6.07) is 9.56. The number of nitro groups is 1. The van der Waals surface area contributed by atoms with Gasteiger partial charge in [0.1, 0.15) is 0 Å². The van der Waals surface area contributed by atoms with E-state index in [4.69, 9.17) is 34.8 Å². The lowest BCUT2D eigenvalue weighted by molar-refractivity contribution is -0.384. The highest BCUT2D eigenvalue weighted by Crippen LogP contribution is 2.29. The molecule has 0 heterocycles. The zero-order chi connectivity index (χ0) is 14.7. The molecule has 0 amide bonds. The molecule has 2 aromatic rings. The van der Waals surface area contributed by atoms with E-state index in [1.54, 1.807) is 18.2 Å². The van der Waals surface area contributed by atoms with Gasteiger partial charge >= 0.3 is 0 Å². The van der Waals surface area contributed by atoms with Crippen LogP contribution >= 0.6 is 34.8 Å². The molecule has 2 aromatic carbocycles. The maximum atomic E-state index is 10.6. The molecule has 0 aromatic heterocycles. The van der Waals surface area contributed by atoms with Crippen molar-refractivity contribution < 1.29 is 4.92 Å². The van der Waals surface area contributed by atoms with Crippen LogP contribution < -0.4 is 5.32 Å². The van der Waals surface area contributed by atoms with Gasteiger partial charge < -0.3 is 5.32 Å². The van der Waals surface area contributed by atoms with Crippen molar-refractivity contribution in [3.05, 3.63) is 67.1 Å². The van der Waals surface area contributed by atoms with E-state index < -0.39 is 4.92 Å². The third-order valence-electron chi connectivity index (χ3n) is 2.66. The summed E-state index contributed by atoms with van der Waals surface area (Å²) >= 11 is 18.0. The molecule has 104 valence electrons. The number of nitrogens with zero attached hydrogens (tertiary/aromatic N) is 1. The third-order valence-corrected chi connectivity index (χ3v) is 3.84. The molecule has 7 heteroatoms. The van der Waals surface area contributed by atoms with Crippen molar-refractivity contribution in [2.75, 3.05) is 5.32 Å². The maximum absolute atomic E-state index is 10.6. The molecule has 0 atom stereocenters. The lowest BCUT2D eigenvalue weighted by atomic mass is 10.2. The van der Waals surface area contributed by atoms with Crippen LogP contribution in [-0.4, -0.2) is 4.92 Å². The highest BCUT2D eigenvalue weighted by Gasteiger charge is 2.10. The van der Waals surface area contributed by atoms with Crippen LogP contribution in [-0.2, 0) is 6.54 Å². The summed E-state index contributed by atoms with van der Waals surface area (Å²) < 4.78 is 0. The second-order valence-electron chi connectivity index (χ2n) is 3.99. The smallest absolute Gasteiger partial charge is 0.271 e. The first kappa shape index (κ1) is 14.9. The Bertz CT molecular complexity index is 662. The van der Waals surface area contributed by atoms with Crippen LogP contribution in [0.25, 0.3) is 0 Å². The fourth-order valence-corrected chi connectivity index (χ4v) is 2.26. The standard InChI is InChI=1S/C13H9Cl3N2O2/c14-10-3-1-2-8(13(10)16)7-17-12-5-4-9(18(19)20)6-11(12)15/h1-6,17H,7H2. The van der Waals surface area contributed by atoms with Crippen LogP contribution in [0, 0.1) is 10.1 Å². The van der Waals surface area contributed by atoms with E-state index in [9.17, 15) is 10.1 Å². The minimum atomic E-state index is -0.497. The van der Waals surface area contributed by atoms with E-state index in [0.29, 0.717) is 22.3 Å². The molecule has 0 aliphatic heterocycles. The molecule has 4 nitrogen and oxygen atoms in total. The van der Waals surface area contributed by atoms with E-state index >= 15 is 0 Å². The molecule has 0 spiro atoms. The summed E-state index contributed by atoms with van der Waals surface area (Å²) in [4.78, 5) is 10.1. The van der Waals surface area contributed by atoms with Crippen LogP contribution in [0.1, 0.15) is 5.56 Å². The molecular formula is C13H9Cl3N2O2. The number of hydrogen-bond donors (Lipinski definition) is 1. The Hall–Kier alpha value is -1.49. The fraction of sp³-hybridized carbons (Fsp3) is 0.0769. The largest absolute Gasteiger partial charge is 0.380 e. The summed E-state index contributed by atoms with van der Waals surface area (Å²) in [5, 5.41) is 14.9. The lowest BCUT2D eigenvalue weighted by Gasteiger charge is -2.10. The molecule has 0 radical (unpaired) electrons. The molecule has 0 saturated heterocycles. The number of nitrogens with one attached hydrogen (secondary N) is 1. The Morgan fingerprint density at radius 2 is 1.85 bits per heavy atom. The van der Waals surface area contributed by atoms with Crippen LogP contribution in [0.4, 0.5) is 11.4 Å². The molecule has 2 rings (SSSR count). The predicted octanol–water partition coefficient (Wildman–Crippen LogP) is 5.17. The van der Waals surface area contributed by atoms with Gasteiger partial charge in [0, 0.05) is 18.7 Å². The van der Waals surface area contributed by atoms with Gasteiger partial charge in [-0.1, -0.05) is 46.9 Å². The molecule has 0 unspecified atom stereocenters. The quantitative estimate of drug-likeness (QED) is 0.621. The molecule has 0 fully saturated rings. The zero-order valence-electron chi connectivity index (χ0n) is 10.1. The van der Waals surface area contributed by atoms with Gasteiger partial charge in [-0.25, -0.2) is 0 Å². The minimum Gasteiger partial charge on any atom is -0.380 e. The maximum Gasteiger partial charge on any atom is 0.271 e. The Kier molecular flexibility index (Phi) is 4.70. The first-order chi connectivity index (χ1) is 9.49. The van der Waals surface area contributed by atoms with E-state index in [1.165, 1.54) is 12.1 Å². The summed E-state index contributed by atoms with van der Waals surface area (Å²) in [5.41, 5.74) is 1.35. The summed E-state index contributed by atoms with van der Waals surface area (Å²) in [7, 11) is 0. The van der Waals surface area contributed by atoms with E-state index in [-0.39, 0.29) is 10.7 Å². The highest BCUT2D eigenvalue weighted by molar-refractivity contribution is 6.42. The van der Waals surface area contributed by atoms with Crippen molar-refractivity contribution in [1.82, 2.24) is 0 Å². The van der Waals surface area contributed by atoms with Crippen LogP contribution in [0.15, 0.2) is 36.4 Å². The predicted molar refractivity (Wildman–Crippen MR) is 81.9 cm³/mol. The Labute approximate surface area is 130 Å². The average molecular weight is 332 g/mol. The van der Waals surface area contributed by atoms with Crippen molar-refractivity contribution in [2.45, 2.75) is 6.54 Å². The Balaban J connectivity index is 2.15. The molecule has 0 aliphatic rings. The van der Waals surface area contributed by atoms with E-state index in [0.717, 1.165) is 5.56 Å². The van der Waals surface area contributed by atoms with E-state index in [2.05, 4.69) is 5.32 Å². The number of non-ortho nitro benzene ring substituents is 1. The van der Waals surface area contributed by atoms with Gasteiger partial charge in [-0.3, -0.25) is 10.1 Å². The van der Waals surface area contributed by atoms with Crippen molar-refractivity contribution in [3.63, 3.8) is 0 Å². The third kappa shape index (κ3) is 3.33. The van der Waals surface area contributed by atoms with Gasteiger partial charge in [0.25, 0.3) is 5.69 Å². The summed E-state index contributed by atoms with van der Waals surface area (Å²) in [6.45, 7) is 0.414. The summed E-state index contributed by atoms with van der Waals surface area (Å²) in [5.74, 6) is 0. The number of rotatable bonds is 4. The Morgan fingerprint density at radius 3 is 2.50 bits per heavy atom. The van der Waals surface area contributed by atoms with Crippen molar-refractivity contribution in [3.8, 4) is 0 Å². The lowest BCUT2D eigenvalue weighted by Crippen LogP contribution is -2.01. The van der Waals surface area contributed by atoms with Gasteiger partial charge in [0.15, 0.2) is 0 Å². The van der Waals surface area contributed by atoms with Crippen molar-refractivity contribution >= 4 is 46.2 Å². The SMILES string of the molecule is O=[N+]([O-])c1ccc(NCc2cccc(Cl)c2Cl)c(Cl)c1. The number of nitro benzene ring substituents is 1. The van der Waals surface area contributed by atoms with Crippen molar-refractivity contribution in [2.24, 2.45) is 0 Å². The molecule has 20 heavy (non-hydrogen) atoms. The Morgan fingerprint density at radius 1 is 1.10 bits per heavy atom. The van der Waals surface area contributed by atoms with Gasteiger partial charge in [-0.15, -0.1) is 0 Å². The first-order valence-corrected chi connectivity index (χ1v) is 6.73. The molecule has 0 saturated carbocycles. The number of halogens is 3. The second kappa shape index (κ2) is 6.31. The van der Waals surface area contributed by atoms with Crippen LogP contribution in [0.3, 0.4) is 0 Å². The molecular weight excluding hydrogens is 323 g/mol. The van der Waals surface area contributed by atoms with Crippen LogP contribution in [0.5, 0.6) is 0 Å². The van der Waals surface area contributed by atoms with Crippen LogP contribution in [0.2, 0.25) is 15.1 Å². The first-order valence-electron chi connectivity index (χ1n) is 5.59. The topological polar surface area (TPSA) is 55.2 Å². The minimum absolute atomic E-state index is 0.0543. The molecule has 0 bridgehead atoms. The van der Waals surface area contributed by atoms with Gasteiger partial charge in [0.2, 0.25) is 0 Å². The number of hydrogen-bond acceptors (Lipinski definition) is 3. The second-order valence-corrected chi connectivity index (χ2v) is 5.18. The molecule has 0 aliphatic carbocycles. The number of benzene rings is 2. The number of anilines is 1. The zero-order valence-corrected chi connectivity index (χ0v) is 12.3. The monoisotopic (exact) mass is 330 g/mol. The fourth-order valence-electron chi connectivity index (χ4n) is 1.64. The highest BCUT2D eigenvalue weighted by atomic mass is 35.5. The van der Waals surface area contributed by atoms with Gasteiger partial charge in [-0.2, -0.15) is 0 Å².